The first-order valence-electron chi connectivity index (χ1n) is 11.8. The molecule has 1 aromatic carbocycles. The van der Waals surface area contributed by atoms with Crippen LogP contribution in [0.5, 0.6) is 0 Å². The molecule has 0 spiro atoms. The monoisotopic (exact) mass is 529 g/mol. The van der Waals surface area contributed by atoms with Crippen molar-refractivity contribution in [3.8, 4) is 0 Å². The lowest BCUT2D eigenvalue weighted by molar-refractivity contribution is -0.156. The van der Waals surface area contributed by atoms with E-state index in [9.17, 15) is 27.6 Å². The van der Waals surface area contributed by atoms with Gasteiger partial charge < -0.3 is 11.1 Å². The Kier molecular flexibility index (Phi) is 7.37. The number of carbonyl (C=O) groups is 3. The second kappa shape index (κ2) is 10.5. The molecule has 2 aromatic heterocycles. The summed E-state index contributed by atoms with van der Waals surface area (Å²) in [6, 6.07) is 3.31. The number of nitrogens with two attached hydrogens (primary N) is 1. The summed E-state index contributed by atoms with van der Waals surface area (Å²) in [6.07, 6.45) is 3.40. The minimum Gasteiger partial charge on any atom is -0.384 e. The van der Waals surface area contributed by atoms with Crippen LogP contribution < -0.4 is 16.0 Å². The van der Waals surface area contributed by atoms with E-state index in [-0.39, 0.29) is 24.2 Å². The Morgan fingerprint density at radius 3 is 2.45 bits per heavy atom. The number of urea groups is 1. The number of hydrogen-bond acceptors (Lipinski definition) is 6. The SMILES string of the molecule is CCC(NC(=O)N1C(=O)[C@H](Cc2ccnc(N)c2)[C@H]1C(=O)N(C)c1ccn(C)n1)c1cc(F)c(F)c(F)c1. The molecule has 3 N–H and O–H groups in total. The molecule has 1 aliphatic heterocycles. The molecule has 3 heterocycles. The van der Waals surface area contributed by atoms with Gasteiger partial charge in [0.25, 0.3) is 5.91 Å². The van der Waals surface area contributed by atoms with E-state index in [0.717, 1.165) is 17.0 Å². The number of aromatic nitrogens is 3. The first-order valence-corrected chi connectivity index (χ1v) is 11.8. The number of β-lactam (4-membered cyclic amide) rings is 1. The number of carbonyl (C=O) groups excluding carboxylic acids is 3. The Balaban J connectivity index is 1.61. The summed E-state index contributed by atoms with van der Waals surface area (Å²) < 4.78 is 42.6. The minimum atomic E-state index is -1.63. The number of rotatable bonds is 7. The van der Waals surface area contributed by atoms with Crippen molar-refractivity contribution in [3.05, 3.63) is 71.3 Å². The first kappa shape index (κ1) is 26.6. The molecule has 0 bridgehead atoms. The second-order valence-electron chi connectivity index (χ2n) is 9.01. The Hall–Kier alpha value is -4.42. The number of amides is 4. The van der Waals surface area contributed by atoms with Crippen molar-refractivity contribution < 1.29 is 27.6 Å². The molecule has 0 radical (unpaired) electrons. The molecule has 4 rings (SSSR count). The van der Waals surface area contributed by atoms with Crippen molar-refractivity contribution in [1.29, 1.82) is 0 Å². The molecular formula is C25H26F3N7O3. The summed E-state index contributed by atoms with van der Waals surface area (Å²) in [6.45, 7) is 1.64. The summed E-state index contributed by atoms with van der Waals surface area (Å²) in [4.78, 5) is 45.9. The van der Waals surface area contributed by atoms with Crippen LogP contribution in [-0.4, -0.2) is 50.6 Å². The fourth-order valence-electron chi connectivity index (χ4n) is 4.44. The summed E-state index contributed by atoms with van der Waals surface area (Å²) in [5.74, 6) is -5.95. The zero-order valence-electron chi connectivity index (χ0n) is 20.9. The van der Waals surface area contributed by atoms with Gasteiger partial charge in [-0.25, -0.2) is 22.9 Å². The van der Waals surface area contributed by atoms with Crippen LogP contribution in [0.25, 0.3) is 0 Å². The third-order valence-corrected chi connectivity index (χ3v) is 6.48. The lowest BCUT2D eigenvalue weighted by atomic mass is 9.81. The highest BCUT2D eigenvalue weighted by atomic mass is 19.2. The zero-order valence-corrected chi connectivity index (χ0v) is 20.9. The Bertz CT molecular complexity index is 1370. The Morgan fingerprint density at radius 1 is 1.18 bits per heavy atom. The smallest absolute Gasteiger partial charge is 0.325 e. The van der Waals surface area contributed by atoms with Crippen LogP contribution in [0.4, 0.5) is 29.6 Å². The van der Waals surface area contributed by atoms with Crippen LogP contribution >= 0.6 is 0 Å². The van der Waals surface area contributed by atoms with Crippen molar-refractivity contribution in [1.82, 2.24) is 25.0 Å². The molecule has 0 aliphatic carbocycles. The molecule has 3 atom stereocenters. The lowest BCUT2D eigenvalue weighted by Crippen LogP contribution is -2.70. The van der Waals surface area contributed by atoms with E-state index in [1.165, 1.54) is 22.8 Å². The van der Waals surface area contributed by atoms with Crippen LogP contribution in [0.1, 0.15) is 30.5 Å². The number of hydrogen-bond donors (Lipinski definition) is 2. The van der Waals surface area contributed by atoms with Crippen LogP contribution in [0.15, 0.2) is 42.7 Å². The number of aryl methyl sites for hydroxylation is 1. The van der Waals surface area contributed by atoms with Crippen LogP contribution in [-0.2, 0) is 23.1 Å². The summed E-state index contributed by atoms with van der Waals surface area (Å²) in [5, 5.41) is 6.74. The average Bonchev–Trinajstić information content (AvgIpc) is 3.32. The number of halogens is 3. The number of imide groups is 1. The molecule has 1 saturated heterocycles. The van der Waals surface area contributed by atoms with Crippen molar-refractivity contribution >= 4 is 29.5 Å². The van der Waals surface area contributed by atoms with E-state index in [0.29, 0.717) is 11.4 Å². The Morgan fingerprint density at radius 2 is 1.87 bits per heavy atom. The van der Waals surface area contributed by atoms with Gasteiger partial charge in [0, 0.05) is 32.6 Å². The van der Waals surface area contributed by atoms with Gasteiger partial charge in [0.2, 0.25) is 5.91 Å². The number of benzene rings is 1. The van der Waals surface area contributed by atoms with Gasteiger partial charge in [-0.1, -0.05) is 6.92 Å². The predicted molar refractivity (Wildman–Crippen MR) is 131 cm³/mol. The molecule has 13 heteroatoms. The van der Waals surface area contributed by atoms with E-state index in [1.807, 2.05) is 0 Å². The van der Waals surface area contributed by atoms with Crippen molar-refractivity contribution in [2.24, 2.45) is 13.0 Å². The molecule has 3 aromatic rings. The van der Waals surface area contributed by atoms with E-state index in [1.54, 1.807) is 38.4 Å². The fraction of sp³-hybridized carbons (Fsp3) is 0.320. The quantitative estimate of drug-likeness (QED) is 0.358. The van der Waals surface area contributed by atoms with Crippen LogP contribution in [0, 0.1) is 23.4 Å². The number of nitrogens with zero attached hydrogens (tertiary/aromatic N) is 5. The number of nitrogen functional groups attached to an aromatic ring is 1. The highest BCUT2D eigenvalue weighted by Crippen LogP contribution is 2.33. The van der Waals surface area contributed by atoms with Crippen molar-refractivity contribution in [2.75, 3.05) is 17.7 Å². The molecule has 4 amide bonds. The van der Waals surface area contributed by atoms with Gasteiger partial charge in [-0.2, -0.15) is 5.10 Å². The molecule has 200 valence electrons. The number of likely N-dealkylation sites (N-methyl/N-ethyl adjacent to an activating group) is 1. The average molecular weight is 530 g/mol. The molecular weight excluding hydrogens is 503 g/mol. The standard InChI is InChI=1S/C25H26F3N7O3/c1-4-18(14-11-16(26)21(28)17(27)12-14)31-25(38)35-22(24(37)34(3)20-6-8-33(2)32-20)15(23(35)36)9-13-5-7-30-19(29)10-13/h5-8,10-12,15,18,22H,4,9H2,1-3H3,(H2,29,30)(H,31,38)/t15-,18?,22+/m1/s1. The topological polar surface area (TPSA) is 126 Å². The molecule has 1 unspecified atom stereocenters. The fourth-order valence-corrected chi connectivity index (χ4v) is 4.44. The highest BCUT2D eigenvalue weighted by molar-refractivity contribution is 6.12. The second-order valence-corrected chi connectivity index (χ2v) is 9.01. The summed E-state index contributed by atoms with van der Waals surface area (Å²) >= 11 is 0. The number of anilines is 2. The number of pyridine rings is 1. The largest absolute Gasteiger partial charge is 0.384 e. The van der Waals surface area contributed by atoms with E-state index in [2.05, 4.69) is 15.4 Å². The maximum atomic E-state index is 13.8. The predicted octanol–water partition coefficient (Wildman–Crippen LogP) is 2.71. The third-order valence-electron chi connectivity index (χ3n) is 6.48. The summed E-state index contributed by atoms with van der Waals surface area (Å²) in [5.41, 5.74) is 6.37. The maximum absolute atomic E-state index is 13.8. The van der Waals surface area contributed by atoms with E-state index >= 15 is 0 Å². The van der Waals surface area contributed by atoms with Gasteiger partial charge in [-0.05, 0) is 48.2 Å². The third kappa shape index (κ3) is 5.04. The van der Waals surface area contributed by atoms with E-state index < -0.39 is 53.3 Å². The number of nitrogens with one attached hydrogen (secondary N) is 1. The molecule has 10 nitrogen and oxygen atoms in total. The Labute approximate surface area is 216 Å². The van der Waals surface area contributed by atoms with E-state index in [4.69, 9.17) is 5.73 Å². The van der Waals surface area contributed by atoms with Gasteiger partial charge in [0.05, 0.1) is 12.0 Å². The van der Waals surface area contributed by atoms with Gasteiger partial charge in [-0.3, -0.25) is 24.1 Å². The lowest BCUT2D eigenvalue weighted by Gasteiger charge is -2.45. The van der Waals surface area contributed by atoms with Crippen molar-refractivity contribution in [2.45, 2.75) is 31.8 Å². The highest BCUT2D eigenvalue weighted by Gasteiger charge is 2.55. The van der Waals surface area contributed by atoms with Gasteiger partial charge in [-0.15, -0.1) is 0 Å². The van der Waals surface area contributed by atoms with Gasteiger partial charge in [0.15, 0.2) is 23.3 Å². The maximum Gasteiger partial charge on any atom is 0.325 e. The molecule has 38 heavy (non-hydrogen) atoms. The minimum absolute atomic E-state index is 0.0255. The van der Waals surface area contributed by atoms with Gasteiger partial charge in [0.1, 0.15) is 11.9 Å². The molecule has 0 saturated carbocycles. The van der Waals surface area contributed by atoms with Crippen LogP contribution in [0.2, 0.25) is 0 Å². The zero-order chi connectivity index (χ0) is 27.7. The summed E-state index contributed by atoms with van der Waals surface area (Å²) in [7, 11) is 3.15. The number of likely N-dealkylation sites (tertiary alicyclic amines) is 1. The normalized spacial score (nSPS) is 17.6. The molecule has 1 fully saturated rings. The molecule has 1 aliphatic rings. The first-order chi connectivity index (χ1) is 18.0. The van der Waals surface area contributed by atoms with Crippen LogP contribution in [0.3, 0.4) is 0 Å². The van der Waals surface area contributed by atoms with Crippen molar-refractivity contribution in [3.63, 3.8) is 0 Å². The van der Waals surface area contributed by atoms with Gasteiger partial charge >= 0.3 is 6.03 Å².